The molecule has 0 bridgehead atoms. The van der Waals surface area contributed by atoms with Gasteiger partial charge in [-0.3, -0.25) is 0 Å². The van der Waals surface area contributed by atoms with Gasteiger partial charge in [0, 0.05) is 12.5 Å². The fraction of sp³-hybridized carbons (Fsp3) is 0.750. The third-order valence-electron chi connectivity index (χ3n) is 9.59. The minimum absolute atomic E-state index is 0.201. The average Bonchev–Trinajstić information content (AvgIpc) is 3.10. The summed E-state index contributed by atoms with van der Waals surface area (Å²) >= 11 is 0. The van der Waals surface area contributed by atoms with E-state index in [-0.39, 0.29) is 5.97 Å². The zero-order chi connectivity index (χ0) is 22.2. The number of esters is 1. The third kappa shape index (κ3) is 3.91. The van der Waals surface area contributed by atoms with Gasteiger partial charge >= 0.3 is 5.97 Å². The molecule has 2 saturated carbocycles. The van der Waals surface area contributed by atoms with Crippen LogP contribution in [0, 0.1) is 40.4 Å². The maximum absolute atomic E-state index is 11.8. The Kier molecular flexibility index (Phi) is 6.43. The lowest BCUT2D eigenvalue weighted by Gasteiger charge is -2.57. The molecule has 4 rings (SSSR count). The molecule has 0 aromatic carbocycles. The first kappa shape index (κ1) is 22.7. The zero-order valence-corrected chi connectivity index (χ0v) is 20.3. The first-order valence-corrected chi connectivity index (χ1v) is 12.7. The number of rotatable bonds is 6. The maximum atomic E-state index is 11.8. The smallest absolute Gasteiger partial charge is 0.330 e. The second-order valence-electron chi connectivity index (χ2n) is 10.9. The highest BCUT2D eigenvalue weighted by Crippen LogP contribution is 2.67. The molecule has 0 aromatic heterocycles. The number of allylic oxidation sites excluding steroid dienone is 5. The lowest BCUT2D eigenvalue weighted by molar-refractivity contribution is -0.137. The largest absolute Gasteiger partial charge is 0.498 e. The van der Waals surface area contributed by atoms with Crippen molar-refractivity contribution in [2.45, 2.75) is 79.6 Å². The first-order chi connectivity index (χ1) is 14.8. The van der Waals surface area contributed by atoms with Crippen molar-refractivity contribution < 1.29 is 14.3 Å². The predicted octanol–water partition coefficient (Wildman–Crippen LogP) is 6.85. The van der Waals surface area contributed by atoms with Crippen LogP contribution in [0.5, 0.6) is 0 Å². The Bertz CT molecular complexity index is 777. The van der Waals surface area contributed by atoms with Crippen molar-refractivity contribution in [1.82, 2.24) is 0 Å². The molecular weight excluding hydrogens is 384 g/mol. The van der Waals surface area contributed by atoms with Gasteiger partial charge in [0.25, 0.3) is 0 Å². The molecule has 4 aliphatic carbocycles. The third-order valence-corrected chi connectivity index (χ3v) is 9.59. The standard InChI is InChI=1S/C28H42O3/c1-6-30-21-14-16-27(4)20(18-21)9-10-22-24-12-11-23(28(24,5)17-15-25(22)27)19(3)8-13-26(29)31-7-2/h8-9,13,18-19,22-25H,6-7,10-12,14-17H2,1-5H3/b13-8+/t19-,22?,23?,24?,25?,27+,28-/m1/s1. The summed E-state index contributed by atoms with van der Waals surface area (Å²) in [7, 11) is 0. The normalized spacial score (nSPS) is 40.3. The Labute approximate surface area is 189 Å². The monoisotopic (exact) mass is 426 g/mol. The lowest BCUT2D eigenvalue weighted by atomic mass is 9.47. The molecule has 0 radical (unpaired) electrons. The van der Waals surface area contributed by atoms with Crippen molar-refractivity contribution in [3.05, 3.63) is 35.6 Å². The van der Waals surface area contributed by atoms with Gasteiger partial charge in [-0.15, -0.1) is 0 Å². The SMILES string of the molecule is CCOC(=O)/C=C/[C@@H](C)C1CCC2C3CC=C4C=C(OCC)CC[C@]4(C)C3CC[C@@]21C. The summed E-state index contributed by atoms with van der Waals surface area (Å²) in [5, 5.41) is 0. The highest BCUT2D eigenvalue weighted by molar-refractivity contribution is 5.81. The van der Waals surface area contributed by atoms with Gasteiger partial charge in [-0.2, -0.15) is 0 Å². The zero-order valence-electron chi connectivity index (χ0n) is 20.3. The van der Waals surface area contributed by atoms with Crippen LogP contribution in [0.25, 0.3) is 0 Å². The summed E-state index contributed by atoms with van der Waals surface area (Å²) in [5.41, 5.74) is 2.26. The Morgan fingerprint density at radius 2 is 1.97 bits per heavy atom. The van der Waals surface area contributed by atoms with Gasteiger partial charge in [0.15, 0.2) is 0 Å². The second-order valence-corrected chi connectivity index (χ2v) is 10.9. The number of hydrogen-bond acceptors (Lipinski definition) is 3. The summed E-state index contributed by atoms with van der Waals surface area (Å²) in [4.78, 5) is 11.8. The Hall–Kier alpha value is -1.51. The fourth-order valence-electron chi connectivity index (χ4n) is 8.06. The molecule has 0 N–H and O–H groups in total. The number of hydrogen-bond donors (Lipinski definition) is 0. The molecule has 7 atom stereocenters. The molecular formula is C28H42O3. The number of ether oxygens (including phenoxy) is 2. The van der Waals surface area contributed by atoms with Crippen LogP contribution >= 0.6 is 0 Å². The van der Waals surface area contributed by atoms with Crippen molar-refractivity contribution in [1.29, 1.82) is 0 Å². The van der Waals surface area contributed by atoms with Gasteiger partial charge in [0.2, 0.25) is 0 Å². The van der Waals surface area contributed by atoms with Crippen LogP contribution in [0.3, 0.4) is 0 Å². The Morgan fingerprint density at radius 3 is 2.71 bits per heavy atom. The van der Waals surface area contributed by atoms with Gasteiger partial charge in [-0.25, -0.2) is 4.79 Å². The van der Waals surface area contributed by atoms with Gasteiger partial charge in [0.1, 0.15) is 0 Å². The van der Waals surface area contributed by atoms with E-state index < -0.39 is 0 Å². The van der Waals surface area contributed by atoms with Crippen LogP contribution in [-0.4, -0.2) is 19.2 Å². The molecule has 4 aliphatic rings. The van der Waals surface area contributed by atoms with E-state index in [1.165, 1.54) is 44.3 Å². The summed E-state index contributed by atoms with van der Waals surface area (Å²) in [6.45, 7) is 12.6. The van der Waals surface area contributed by atoms with Crippen molar-refractivity contribution in [2.24, 2.45) is 40.4 Å². The lowest BCUT2D eigenvalue weighted by Crippen LogP contribution is -2.49. The van der Waals surface area contributed by atoms with E-state index in [0.29, 0.717) is 29.3 Å². The van der Waals surface area contributed by atoms with Crippen molar-refractivity contribution >= 4 is 5.97 Å². The summed E-state index contributed by atoms with van der Waals surface area (Å²) in [6, 6.07) is 0. The molecule has 0 amide bonds. The topological polar surface area (TPSA) is 35.5 Å². The number of fused-ring (bicyclic) bond motifs is 5. The van der Waals surface area contributed by atoms with Crippen molar-refractivity contribution in [3.8, 4) is 0 Å². The molecule has 0 spiro atoms. The van der Waals surface area contributed by atoms with E-state index in [4.69, 9.17) is 9.47 Å². The molecule has 0 saturated heterocycles. The van der Waals surface area contributed by atoms with E-state index in [1.807, 2.05) is 6.92 Å². The van der Waals surface area contributed by atoms with E-state index in [0.717, 1.165) is 30.8 Å². The van der Waals surface area contributed by atoms with Gasteiger partial charge in [0.05, 0.1) is 19.0 Å². The minimum Gasteiger partial charge on any atom is -0.498 e. The molecule has 0 aliphatic heterocycles. The molecule has 31 heavy (non-hydrogen) atoms. The molecule has 4 unspecified atom stereocenters. The van der Waals surface area contributed by atoms with Crippen LogP contribution in [0.15, 0.2) is 35.6 Å². The average molecular weight is 427 g/mol. The first-order valence-electron chi connectivity index (χ1n) is 12.7. The van der Waals surface area contributed by atoms with Crippen molar-refractivity contribution in [3.63, 3.8) is 0 Å². The van der Waals surface area contributed by atoms with E-state index >= 15 is 0 Å². The summed E-state index contributed by atoms with van der Waals surface area (Å²) in [6.07, 6.45) is 17.6. The van der Waals surface area contributed by atoms with Gasteiger partial charge < -0.3 is 9.47 Å². The van der Waals surface area contributed by atoms with Crippen LogP contribution in [0.4, 0.5) is 0 Å². The van der Waals surface area contributed by atoms with Crippen LogP contribution in [0.1, 0.15) is 79.6 Å². The fourth-order valence-corrected chi connectivity index (χ4v) is 8.06. The predicted molar refractivity (Wildman–Crippen MR) is 125 cm³/mol. The van der Waals surface area contributed by atoms with Crippen LogP contribution in [-0.2, 0) is 14.3 Å². The Balaban J connectivity index is 1.52. The highest BCUT2D eigenvalue weighted by Gasteiger charge is 2.58. The van der Waals surface area contributed by atoms with E-state index in [1.54, 1.807) is 11.6 Å². The maximum Gasteiger partial charge on any atom is 0.330 e. The molecule has 2 fully saturated rings. The molecule has 172 valence electrons. The van der Waals surface area contributed by atoms with Crippen molar-refractivity contribution in [2.75, 3.05) is 13.2 Å². The summed E-state index contributed by atoms with van der Waals surface area (Å²) in [5.74, 6) is 4.49. The summed E-state index contributed by atoms with van der Waals surface area (Å²) < 4.78 is 11.0. The second kappa shape index (κ2) is 8.79. The quantitative estimate of drug-likeness (QED) is 0.344. The Morgan fingerprint density at radius 1 is 1.16 bits per heavy atom. The van der Waals surface area contributed by atoms with Gasteiger partial charge in [-0.1, -0.05) is 32.9 Å². The van der Waals surface area contributed by atoms with E-state index in [9.17, 15) is 4.79 Å². The number of carbonyl (C=O) groups is 1. The van der Waals surface area contributed by atoms with Gasteiger partial charge in [-0.05, 0) is 104 Å². The molecule has 3 nitrogen and oxygen atoms in total. The van der Waals surface area contributed by atoms with E-state index in [2.05, 4.69) is 45.9 Å². The van der Waals surface area contributed by atoms with Crippen LogP contribution < -0.4 is 0 Å². The van der Waals surface area contributed by atoms with Crippen LogP contribution in [0.2, 0.25) is 0 Å². The highest BCUT2D eigenvalue weighted by atomic mass is 16.5. The molecule has 0 heterocycles. The minimum atomic E-state index is -0.201. The molecule has 3 heteroatoms. The molecule has 0 aromatic rings. The number of carbonyl (C=O) groups excluding carboxylic acids is 1.